The summed E-state index contributed by atoms with van der Waals surface area (Å²) in [6.07, 6.45) is 1.67. The number of nitrogens with one attached hydrogen (secondary N) is 1. The summed E-state index contributed by atoms with van der Waals surface area (Å²) in [5.41, 5.74) is 8.01. The van der Waals surface area contributed by atoms with Gasteiger partial charge in [-0.25, -0.2) is 5.43 Å². The van der Waals surface area contributed by atoms with Gasteiger partial charge in [0.1, 0.15) is 5.75 Å². The predicted molar refractivity (Wildman–Crippen MR) is 138 cm³/mol. The van der Waals surface area contributed by atoms with Gasteiger partial charge in [-0.15, -0.1) is 23.5 Å². The van der Waals surface area contributed by atoms with Crippen LogP contribution in [-0.2, 0) is 4.79 Å². The molecule has 166 valence electrons. The molecule has 1 aliphatic rings. The van der Waals surface area contributed by atoms with Crippen LogP contribution in [0.3, 0.4) is 0 Å². The Morgan fingerprint density at radius 3 is 2.53 bits per heavy atom. The Balaban J connectivity index is 1.31. The average Bonchev–Trinajstić information content (AvgIpc) is 3.42. The normalized spacial score (nSPS) is 14.2. The van der Waals surface area contributed by atoms with E-state index in [1.807, 2.05) is 67.7 Å². The molecule has 1 aliphatic heterocycles. The summed E-state index contributed by atoms with van der Waals surface area (Å²) in [6.45, 7) is 4.00. The zero-order valence-electron chi connectivity index (χ0n) is 17.9. The van der Waals surface area contributed by atoms with Crippen LogP contribution < -0.4 is 10.2 Å². The van der Waals surface area contributed by atoms with E-state index in [0.717, 1.165) is 27.1 Å². The van der Waals surface area contributed by atoms with Gasteiger partial charge in [-0.3, -0.25) is 4.79 Å². The van der Waals surface area contributed by atoms with Gasteiger partial charge in [-0.2, -0.15) is 5.10 Å². The van der Waals surface area contributed by atoms with Gasteiger partial charge in [0.25, 0.3) is 5.91 Å². The quantitative estimate of drug-likeness (QED) is 0.307. The average molecular weight is 531 g/mol. The number of thioether (sulfide) groups is 2. The monoisotopic (exact) mass is 529 g/mol. The van der Waals surface area contributed by atoms with Gasteiger partial charge in [0.05, 0.1) is 10.8 Å². The second kappa shape index (κ2) is 10.6. The first-order valence-electron chi connectivity index (χ1n) is 10.2. The minimum Gasteiger partial charge on any atom is -0.484 e. The molecule has 0 unspecified atom stereocenters. The molecular formula is C24H24BrN3O2S2. The number of nitrogens with zero attached hydrogens (tertiary/aromatic N) is 2. The highest BCUT2D eigenvalue weighted by molar-refractivity contribution is 9.10. The number of carbonyl (C=O) groups is 1. The minimum absolute atomic E-state index is 0.0818. The number of carbonyl (C=O) groups excluding carboxylic acids is 1. The summed E-state index contributed by atoms with van der Waals surface area (Å²) in [5.74, 6) is 2.78. The van der Waals surface area contributed by atoms with Crippen LogP contribution in [0.4, 0.5) is 0 Å². The fraction of sp³-hybridized carbons (Fsp3) is 0.250. The van der Waals surface area contributed by atoms with Gasteiger partial charge in [0, 0.05) is 38.6 Å². The first kappa shape index (κ1) is 23.0. The number of aryl methyl sites for hydroxylation is 1. The van der Waals surface area contributed by atoms with Crippen LogP contribution in [0.25, 0.3) is 5.69 Å². The second-order valence-corrected chi connectivity index (χ2v) is 11.0. The van der Waals surface area contributed by atoms with E-state index in [-0.39, 0.29) is 12.5 Å². The maximum absolute atomic E-state index is 12.1. The van der Waals surface area contributed by atoms with Crippen LogP contribution in [0.15, 0.2) is 64.2 Å². The van der Waals surface area contributed by atoms with Gasteiger partial charge in [0.15, 0.2) is 6.61 Å². The molecule has 0 radical (unpaired) electrons. The highest BCUT2D eigenvalue weighted by Gasteiger charge is 2.18. The van der Waals surface area contributed by atoms with Gasteiger partial charge in [0.2, 0.25) is 0 Å². The SMILES string of the molecule is Cc1cc(/C=N/NC(=O)COc2ccc(C3SCCS3)cc2)c(C)n1-c1ccc(Br)cc1. The molecule has 0 bridgehead atoms. The molecule has 5 nitrogen and oxygen atoms in total. The van der Waals surface area contributed by atoms with Crippen molar-refractivity contribution in [1.82, 2.24) is 9.99 Å². The Morgan fingerprint density at radius 1 is 1.16 bits per heavy atom. The van der Waals surface area contributed by atoms with Crippen molar-refractivity contribution in [3.8, 4) is 11.4 Å². The Labute approximate surface area is 205 Å². The van der Waals surface area contributed by atoms with E-state index in [1.54, 1.807) is 6.21 Å². The molecule has 32 heavy (non-hydrogen) atoms. The standard InChI is InChI=1S/C24H24BrN3O2S2/c1-16-13-19(17(2)28(16)21-7-5-20(25)6-8-21)14-26-27-23(29)15-30-22-9-3-18(4-10-22)24-31-11-12-32-24/h3-10,13-14,24H,11-12,15H2,1-2H3,(H,27,29)/b26-14+. The number of rotatable bonds is 7. The topological polar surface area (TPSA) is 55.6 Å². The van der Waals surface area contributed by atoms with E-state index in [0.29, 0.717) is 10.3 Å². The number of ether oxygens (including phenoxy) is 1. The van der Waals surface area contributed by atoms with Crippen molar-refractivity contribution in [3.63, 3.8) is 0 Å². The summed E-state index contributed by atoms with van der Waals surface area (Å²) >= 11 is 7.41. The van der Waals surface area contributed by atoms with Crippen molar-refractivity contribution in [3.05, 3.63) is 81.6 Å². The maximum Gasteiger partial charge on any atom is 0.277 e. The molecule has 3 aromatic rings. The van der Waals surface area contributed by atoms with Crippen molar-refractivity contribution < 1.29 is 9.53 Å². The number of hydrogen-bond acceptors (Lipinski definition) is 5. The zero-order chi connectivity index (χ0) is 22.5. The fourth-order valence-electron chi connectivity index (χ4n) is 3.53. The number of hydrogen-bond donors (Lipinski definition) is 1. The molecular weight excluding hydrogens is 506 g/mol. The Morgan fingerprint density at radius 2 is 1.84 bits per heavy atom. The van der Waals surface area contributed by atoms with Crippen molar-refractivity contribution in [2.24, 2.45) is 5.10 Å². The minimum atomic E-state index is -0.297. The lowest BCUT2D eigenvalue weighted by molar-refractivity contribution is -0.123. The maximum atomic E-state index is 12.1. The zero-order valence-corrected chi connectivity index (χ0v) is 21.1. The third kappa shape index (κ3) is 5.60. The number of halogens is 1. The Hall–Kier alpha value is -2.16. The van der Waals surface area contributed by atoms with Crippen molar-refractivity contribution in [2.75, 3.05) is 18.1 Å². The Bertz CT molecular complexity index is 1110. The van der Waals surface area contributed by atoms with Crippen LogP contribution in [0.1, 0.15) is 27.1 Å². The molecule has 2 heterocycles. The molecule has 0 atom stereocenters. The fourth-order valence-corrected chi connectivity index (χ4v) is 6.66. The molecule has 1 aromatic heterocycles. The van der Waals surface area contributed by atoms with Crippen LogP contribution >= 0.6 is 39.5 Å². The van der Waals surface area contributed by atoms with E-state index >= 15 is 0 Å². The largest absolute Gasteiger partial charge is 0.484 e. The van der Waals surface area contributed by atoms with Crippen molar-refractivity contribution >= 4 is 51.6 Å². The Kier molecular flexibility index (Phi) is 7.65. The smallest absolute Gasteiger partial charge is 0.277 e. The van der Waals surface area contributed by atoms with Crippen molar-refractivity contribution in [1.29, 1.82) is 0 Å². The van der Waals surface area contributed by atoms with Crippen LogP contribution in [0.2, 0.25) is 0 Å². The summed E-state index contributed by atoms with van der Waals surface area (Å²) in [6, 6.07) is 18.2. The molecule has 1 saturated heterocycles. The summed E-state index contributed by atoms with van der Waals surface area (Å²) in [7, 11) is 0. The number of aromatic nitrogens is 1. The van der Waals surface area contributed by atoms with Crippen LogP contribution in [0.5, 0.6) is 5.75 Å². The van der Waals surface area contributed by atoms with Gasteiger partial charge >= 0.3 is 0 Å². The predicted octanol–water partition coefficient (Wildman–Crippen LogP) is 5.86. The lowest BCUT2D eigenvalue weighted by Gasteiger charge is -2.10. The third-order valence-electron chi connectivity index (χ3n) is 5.09. The van der Waals surface area contributed by atoms with Crippen molar-refractivity contribution in [2.45, 2.75) is 18.4 Å². The number of amides is 1. The molecule has 4 rings (SSSR count). The van der Waals surface area contributed by atoms with Crippen LogP contribution in [0, 0.1) is 13.8 Å². The summed E-state index contributed by atoms with van der Waals surface area (Å²) < 4.78 is 9.30. The first-order chi connectivity index (χ1) is 15.5. The van der Waals surface area contributed by atoms with Gasteiger partial charge < -0.3 is 9.30 Å². The summed E-state index contributed by atoms with van der Waals surface area (Å²) in [4.78, 5) is 12.1. The lowest BCUT2D eigenvalue weighted by Crippen LogP contribution is -2.24. The second-order valence-electron chi connectivity index (χ2n) is 7.36. The molecule has 0 spiro atoms. The molecule has 0 aliphatic carbocycles. The number of hydrazone groups is 1. The van der Waals surface area contributed by atoms with E-state index < -0.39 is 0 Å². The first-order valence-corrected chi connectivity index (χ1v) is 13.1. The number of benzene rings is 2. The van der Waals surface area contributed by atoms with Crippen LogP contribution in [-0.4, -0.2) is 34.8 Å². The van der Waals surface area contributed by atoms with Gasteiger partial charge in [-0.1, -0.05) is 28.1 Å². The lowest BCUT2D eigenvalue weighted by atomic mass is 10.2. The van der Waals surface area contributed by atoms with E-state index in [1.165, 1.54) is 17.1 Å². The van der Waals surface area contributed by atoms with E-state index in [2.05, 4.69) is 55.3 Å². The summed E-state index contributed by atoms with van der Waals surface area (Å²) in [5, 5.41) is 4.11. The third-order valence-corrected chi connectivity index (χ3v) is 8.73. The molecule has 1 amide bonds. The molecule has 8 heteroatoms. The highest BCUT2D eigenvalue weighted by atomic mass is 79.9. The highest BCUT2D eigenvalue weighted by Crippen LogP contribution is 2.45. The van der Waals surface area contributed by atoms with Gasteiger partial charge in [-0.05, 0) is 61.9 Å². The molecule has 2 aromatic carbocycles. The molecule has 1 N–H and O–H groups in total. The van der Waals surface area contributed by atoms with E-state index in [4.69, 9.17) is 4.74 Å². The molecule has 0 saturated carbocycles. The van der Waals surface area contributed by atoms with E-state index in [9.17, 15) is 4.79 Å². The molecule has 1 fully saturated rings.